The smallest absolute Gasteiger partial charge is 0.307 e. The van der Waals surface area contributed by atoms with Gasteiger partial charge in [0.1, 0.15) is 11.5 Å². The number of carbonyl (C=O) groups is 1. The molecule has 0 bridgehead atoms. The van der Waals surface area contributed by atoms with Gasteiger partial charge in [0.05, 0.1) is 12.1 Å². The number of aryl methyl sites for hydroxylation is 1. The molecule has 1 aromatic heterocycles. The summed E-state index contributed by atoms with van der Waals surface area (Å²) in [6.45, 7) is 4.93. The van der Waals surface area contributed by atoms with E-state index in [1.165, 1.54) is 0 Å². The molecule has 1 unspecified atom stereocenters. The first-order chi connectivity index (χ1) is 11.0. The van der Waals surface area contributed by atoms with Gasteiger partial charge < -0.3 is 14.7 Å². The highest BCUT2D eigenvalue weighted by atomic mass is 16.5. The van der Waals surface area contributed by atoms with Gasteiger partial charge in [-0.15, -0.1) is 0 Å². The number of aromatic nitrogens is 1. The lowest BCUT2D eigenvalue weighted by atomic mass is 10.1. The third kappa shape index (κ3) is 5.07. The quantitative estimate of drug-likeness (QED) is 0.849. The molecule has 1 N–H and O–H groups in total. The second kappa shape index (κ2) is 7.74. The van der Waals surface area contributed by atoms with Crippen molar-refractivity contribution in [3.63, 3.8) is 0 Å². The molecule has 1 atom stereocenters. The first-order valence-electron chi connectivity index (χ1n) is 7.54. The Morgan fingerprint density at radius 3 is 2.78 bits per heavy atom. The molecule has 5 heteroatoms. The van der Waals surface area contributed by atoms with Gasteiger partial charge in [0.2, 0.25) is 0 Å². The summed E-state index contributed by atoms with van der Waals surface area (Å²) in [5.41, 5.74) is 2.16. The molecule has 0 saturated carbocycles. The number of carboxylic acids is 1. The molecular weight excluding hydrogens is 292 g/mol. The number of hydrogen-bond acceptors (Lipinski definition) is 4. The third-order valence-electron chi connectivity index (χ3n) is 3.56. The maximum absolute atomic E-state index is 10.9. The SMILES string of the molecule is Cc1cc(CN(C)CC(C)C(=O)O)ccc1Oc1cccnc1. The second-order valence-corrected chi connectivity index (χ2v) is 5.83. The molecule has 23 heavy (non-hydrogen) atoms. The summed E-state index contributed by atoms with van der Waals surface area (Å²) in [5, 5.41) is 8.97. The molecule has 0 amide bonds. The molecule has 0 spiro atoms. The molecule has 0 aliphatic heterocycles. The van der Waals surface area contributed by atoms with Crippen LogP contribution >= 0.6 is 0 Å². The van der Waals surface area contributed by atoms with Gasteiger partial charge in [-0.25, -0.2) is 0 Å². The molecule has 0 fully saturated rings. The normalized spacial score (nSPS) is 12.2. The lowest BCUT2D eigenvalue weighted by molar-refractivity contribution is -0.141. The second-order valence-electron chi connectivity index (χ2n) is 5.83. The fraction of sp³-hybridized carbons (Fsp3) is 0.333. The Morgan fingerprint density at radius 2 is 2.17 bits per heavy atom. The summed E-state index contributed by atoms with van der Waals surface area (Å²) in [6.07, 6.45) is 3.38. The highest BCUT2D eigenvalue weighted by Crippen LogP contribution is 2.25. The number of rotatable bonds is 7. The van der Waals surface area contributed by atoms with Gasteiger partial charge in [-0.2, -0.15) is 0 Å². The highest BCUT2D eigenvalue weighted by Gasteiger charge is 2.14. The zero-order valence-corrected chi connectivity index (χ0v) is 13.7. The van der Waals surface area contributed by atoms with Gasteiger partial charge in [0.15, 0.2) is 0 Å². The minimum Gasteiger partial charge on any atom is -0.481 e. The summed E-state index contributed by atoms with van der Waals surface area (Å²) >= 11 is 0. The molecule has 5 nitrogen and oxygen atoms in total. The van der Waals surface area contributed by atoms with Crippen molar-refractivity contribution in [1.29, 1.82) is 0 Å². The Bertz CT molecular complexity index is 659. The number of ether oxygens (including phenoxy) is 1. The van der Waals surface area contributed by atoms with Crippen molar-refractivity contribution in [2.75, 3.05) is 13.6 Å². The summed E-state index contributed by atoms with van der Waals surface area (Å²) in [6, 6.07) is 9.69. The van der Waals surface area contributed by atoms with E-state index in [0.29, 0.717) is 18.8 Å². The maximum atomic E-state index is 10.9. The lowest BCUT2D eigenvalue weighted by Gasteiger charge is -2.19. The lowest BCUT2D eigenvalue weighted by Crippen LogP contribution is -2.28. The molecule has 2 aromatic rings. The molecule has 0 aliphatic rings. The van der Waals surface area contributed by atoms with Gasteiger partial charge in [-0.1, -0.05) is 19.1 Å². The number of hydrogen-bond donors (Lipinski definition) is 1. The fourth-order valence-electron chi connectivity index (χ4n) is 2.38. The van der Waals surface area contributed by atoms with Crippen LogP contribution in [-0.2, 0) is 11.3 Å². The minimum absolute atomic E-state index is 0.380. The van der Waals surface area contributed by atoms with Crippen LogP contribution in [0.4, 0.5) is 0 Å². The van der Waals surface area contributed by atoms with Crippen LogP contribution in [0.25, 0.3) is 0 Å². The van der Waals surface area contributed by atoms with Gasteiger partial charge in [-0.3, -0.25) is 9.78 Å². The minimum atomic E-state index is -0.770. The van der Waals surface area contributed by atoms with Crippen LogP contribution in [0.15, 0.2) is 42.7 Å². The molecule has 122 valence electrons. The topological polar surface area (TPSA) is 62.7 Å². The Hall–Kier alpha value is -2.40. The van der Waals surface area contributed by atoms with E-state index >= 15 is 0 Å². The zero-order valence-electron chi connectivity index (χ0n) is 13.7. The van der Waals surface area contributed by atoms with E-state index in [1.54, 1.807) is 19.3 Å². The number of benzene rings is 1. The van der Waals surface area contributed by atoms with Crippen molar-refractivity contribution in [1.82, 2.24) is 9.88 Å². The predicted molar refractivity (Wildman–Crippen MR) is 88.6 cm³/mol. The molecule has 1 aromatic carbocycles. The standard InChI is InChI=1S/C18H22N2O3/c1-13-9-15(12-20(3)11-14(2)18(21)22)6-7-17(13)23-16-5-4-8-19-10-16/h4-10,14H,11-12H2,1-3H3,(H,21,22). The van der Waals surface area contributed by atoms with Crippen LogP contribution < -0.4 is 4.74 Å². The molecular formula is C18H22N2O3. The summed E-state index contributed by atoms with van der Waals surface area (Å²) in [4.78, 5) is 16.9. The van der Waals surface area contributed by atoms with Crippen LogP contribution in [0.1, 0.15) is 18.1 Å². The molecule has 0 saturated heterocycles. The molecule has 0 radical (unpaired) electrons. The van der Waals surface area contributed by atoms with Gasteiger partial charge in [-0.05, 0) is 43.3 Å². The number of carboxylic acid groups (broad SMARTS) is 1. The summed E-state index contributed by atoms with van der Waals surface area (Å²) in [7, 11) is 1.93. The van der Waals surface area contributed by atoms with Gasteiger partial charge in [0, 0.05) is 19.3 Å². The van der Waals surface area contributed by atoms with E-state index in [2.05, 4.69) is 11.1 Å². The van der Waals surface area contributed by atoms with E-state index < -0.39 is 5.97 Å². The van der Waals surface area contributed by atoms with Crippen molar-refractivity contribution < 1.29 is 14.6 Å². The fourth-order valence-corrected chi connectivity index (χ4v) is 2.38. The number of aliphatic carboxylic acids is 1. The largest absolute Gasteiger partial charge is 0.481 e. The Balaban J connectivity index is 2.00. The van der Waals surface area contributed by atoms with Crippen molar-refractivity contribution in [3.05, 3.63) is 53.9 Å². The van der Waals surface area contributed by atoms with Crippen molar-refractivity contribution in [3.8, 4) is 11.5 Å². The molecule has 0 aliphatic carbocycles. The van der Waals surface area contributed by atoms with E-state index in [-0.39, 0.29) is 5.92 Å². The first kappa shape index (κ1) is 17.0. The Labute approximate surface area is 136 Å². The van der Waals surface area contributed by atoms with Crippen molar-refractivity contribution in [2.24, 2.45) is 5.92 Å². The van der Waals surface area contributed by atoms with E-state index in [0.717, 1.165) is 16.9 Å². The molecule has 1 heterocycles. The average molecular weight is 314 g/mol. The summed E-state index contributed by atoms with van der Waals surface area (Å²) in [5.74, 6) is 0.349. The first-order valence-corrected chi connectivity index (χ1v) is 7.54. The van der Waals surface area contributed by atoms with Crippen LogP contribution in [0.2, 0.25) is 0 Å². The monoisotopic (exact) mass is 314 g/mol. The van der Waals surface area contributed by atoms with E-state index in [9.17, 15) is 4.79 Å². The maximum Gasteiger partial charge on any atom is 0.307 e. The zero-order chi connectivity index (χ0) is 16.8. The van der Waals surface area contributed by atoms with E-state index in [4.69, 9.17) is 9.84 Å². The van der Waals surface area contributed by atoms with Gasteiger partial charge >= 0.3 is 5.97 Å². The van der Waals surface area contributed by atoms with Crippen LogP contribution in [-0.4, -0.2) is 34.6 Å². The van der Waals surface area contributed by atoms with E-state index in [1.807, 2.05) is 43.1 Å². The van der Waals surface area contributed by atoms with Crippen LogP contribution in [0, 0.1) is 12.8 Å². The van der Waals surface area contributed by atoms with Crippen molar-refractivity contribution >= 4 is 5.97 Å². The van der Waals surface area contributed by atoms with Crippen LogP contribution in [0.5, 0.6) is 11.5 Å². The number of nitrogens with zero attached hydrogens (tertiary/aromatic N) is 2. The molecule has 2 rings (SSSR count). The van der Waals surface area contributed by atoms with Crippen molar-refractivity contribution in [2.45, 2.75) is 20.4 Å². The van der Waals surface area contributed by atoms with Gasteiger partial charge in [0.25, 0.3) is 0 Å². The Morgan fingerprint density at radius 1 is 1.39 bits per heavy atom. The Kier molecular flexibility index (Phi) is 5.71. The number of pyridine rings is 1. The predicted octanol–water partition coefficient (Wildman–Crippen LogP) is 3.33. The highest BCUT2D eigenvalue weighted by molar-refractivity contribution is 5.69. The van der Waals surface area contributed by atoms with Crippen LogP contribution in [0.3, 0.4) is 0 Å². The average Bonchev–Trinajstić information content (AvgIpc) is 2.51. The summed E-state index contributed by atoms with van der Waals surface area (Å²) < 4.78 is 5.81. The third-order valence-corrected chi connectivity index (χ3v) is 3.56.